The Hall–Kier alpha value is -2.62. The van der Waals surface area contributed by atoms with Gasteiger partial charge >= 0.3 is 0 Å². The topological polar surface area (TPSA) is 84.3 Å². The normalized spacial score (nSPS) is 13.4. The third-order valence-corrected chi connectivity index (χ3v) is 8.56. The van der Waals surface area contributed by atoms with E-state index in [1.165, 1.54) is 16.4 Å². The summed E-state index contributed by atoms with van der Waals surface area (Å²) in [5, 5.41) is 7.73. The van der Waals surface area contributed by atoms with Gasteiger partial charge < -0.3 is 5.32 Å². The summed E-state index contributed by atoms with van der Waals surface area (Å²) < 4.78 is 28.6. The fourth-order valence-electron chi connectivity index (χ4n) is 3.68. The fraction of sp³-hybridized carbons (Fsp3) is 0.304. The molecule has 7 nitrogen and oxygen atoms in total. The van der Waals surface area contributed by atoms with Crippen molar-refractivity contribution < 1.29 is 13.2 Å². The van der Waals surface area contributed by atoms with Crippen LogP contribution < -0.4 is 5.32 Å². The highest BCUT2D eigenvalue weighted by Gasteiger charge is 2.26. The van der Waals surface area contributed by atoms with Gasteiger partial charge in [-0.2, -0.15) is 21.2 Å². The maximum Gasteiger partial charge on any atom is 0.256 e. The lowest BCUT2D eigenvalue weighted by molar-refractivity contribution is 0.102. The highest BCUT2D eigenvalue weighted by molar-refractivity contribution is 7.98. The lowest BCUT2D eigenvalue weighted by atomic mass is 10.2. The summed E-state index contributed by atoms with van der Waals surface area (Å²) in [6, 6.07) is 14.1. The van der Waals surface area contributed by atoms with E-state index >= 15 is 0 Å². The van der Waals surface area contributed by atoms with E-state index in [2.05, 4.69) is 5.32 Å². The minimum atomic E-state index is -3.56. The molecule has 32 heavy (non-hydrogen) atoms. The molecule has 1 aromatic heterocycles. The van der Waals surface area contributed by atoms with Crippen molar-refractivity contribution in [1.29, 1.82) is 0 Å². The number of anilines is 1. The van der Waals surface area contributed by atoms with Crippen molar-refractivity contribution in [2.45, 2.75) is 37.2 Å². The van der Waals surface area contributed by atoms with Crippen LogP contribution >= 0.6 is 11.8 Å². The van der Waals surface area contributed by atoms with Crippen LogP contribution in [0.15, 0.2) is 53.4 Å². The second-order valence-corrected chi connectivity index (χ2v) is 10.5. The molecule has 0 unspecified atom stereocenters. The third-order valence-electron chi connectivity index (χ3n) is 5.52. The molecule has 0 radical (unpaired) electrons. The number of sulfonamides is 1. The van der Waals surface area contributed by atoms with E-state index in [0.29, 0.717) is 24.5 Å². The highest BCUT2D eigenvalue weighted by atomic mass is 32.2. The lowest BCUT2D eigenvalue weighted by Crippen LogP contribution is -2.30. The van der Waals surface area contributed by atoms with Crippen LogP contribution in [0.5, 0.6) is 0 Å². The van der Waals surface area contributed by atoms with Crippen LogP contribution in [0, 0.1) is 6.92 Å². The number of aromatic nitrogens is 2. The number of amides is 1. The van der Waals surface area contributed by atoms with Crippen LogP contribution in [0.4, 0.5) is 5.82 Å². The van der Waals surface area contributed by atoms with Gasteiger partial charge in [0.1, 0.15) is 5.82 Å². The van der Waals surface area contributed by atoms with E-state index in [-0.39, 0.29) is 10.8 Å². The number of thioether (sulfide) groups is 1. The zero-order valence-electron chi connectivity index (χ0n) is 18.3. The molecule has 4 rings (SSSR count). The van der Waals surface area contributed by atoms with E-state index < -0.39 is 10.0 Å². The van der Waals surface area contributed by atoms with Crippen molar-refractivity contribution in [1.82, 2.24) is 14.1 Å². The Kier molecular flexibility index (Phi) is 6.41. The molecule has 0 saturated carbocycles. The van der Waals surface area contributed by atoms with E-state index in [1.54, 1.807) is 42.4 Å². The first-order valence-corrected chi connectivity index (χ1v) is 13.1. The summed E-state index contributed by atoms with van der Waals surface area (Å²) in [5.41, 5.74) is 4.43. The predicted octanol–water partition coefficient (Wildman–Crippen LogP) is 4.21. The molecule has 1 amide bonds. The predicted molar refractivity (Wildman–Crippen MR) is 128 cm³/mol. The fourth-order valence-corrected chi connectivity index (χ4v) is 6.18. The summed E-state index contributed by atoms with van der Waals surface area (Å²) in [7, 11) is -3.56. The molecule has 3 aromatic rings. The number of fused-ring (bicyclic) bond motifs is 1. The maximum absolute atomic E-state index is 13.0. The summed E-state index contributed by atoms with van der Waals surface area (Å²) in [4.78, 5) is 13.2. The Morgan fingerprint density at radius 1 is 1.06 bits per heavy atom. The Morgan fingerprint density at radius 2 is 1.72 bits per heavy atom. The van der Waals surface area contributed by atoms with Crippen LogP contribution in [0.25, 0.3) is 5.69 Å². The summed E-state index contributed by atoms with van der Waals surface area (Å²) in [6.45, 7) is 6.42. The minimum absolute atomic E-state index is 0.180. The second-order valence-electron chi connectivity index (χ2n) is 7.58. The van der Waals surface area contributed by atoms with E-state index in [0.717, 1.165) is 34.0 Å². The van der Waals surface area contributed by atoms with Gasteiger partial charge in [-0.15, -0.1) is 0 Å². The average molecular weight is 471 g/mol. The Labute approximate surface area is 192 Å². The smallest absolute Gasteiger partial charge is 0.256 e. The van der Waals surface area contributed by atoms with Crippen molar-refractivity contribution in [3.8, 4) is 5.69 Å². The number of nitrogens with one attached hydrogen (secondary N) is 1. The summed E-state index contributed by atoms with van der Waals surface area (Å²) in [5.74, 6) is 1.97. The van der Waals surface area contributed by atoms with Crippen molar-refractivity contribution in [3.63, 3.8) is 0 Å². The zero-order valence-corrected chi connectivity index (χ0v) is 20.0. The van der Waals surface area contributed by atoms with E-state index in [9.17, 15) is 13.2 Å². The molecule has 0 aliphatic carbocycles. The number of rotatable bonds is 7. The van der Waals surface area contributed by atoms with Gasteiger partial charge in [0.15, 0.2) is 0 Å². The number of nitrogens with zero attached hydrogens (tertiary/aromatic N) is 3. The first-order valence-electron chi connectivity index (χ1n) is 10.5. The zero-order chi connectivity index (χ0) is 22.9. The quantitative estimate of drug-likeness (QED) is 0.559. The maximum atomic E-state index is 13.0. The minimum Gasteiger partial charge on any atom is -0.306 e. The Morgan fingerprint density at radius 3 is 2.34 bits per heavy atom. The van der Waals surface area contributed by atoms with Gasteiger partial charge in [0.25, 0.3) is 5.91 Å². The van der Waals surface area contributed by atoms with Crippen LogP contribution in [0.2, 0.25) is 0 Å². The summed E-state index contributed by atoms with van der Waals surface area (Å²) >= 11 is 1.77. The van der Waals surface area contributed by atoms with Crippen molar-refractivity contribution in [2.24, 2.45) is 0 Å². The Bertz CT molecular complexity index is 1230. The first kappa shape index (κ1) is 22.6. The molecule has 0 fully saturated rings. The monoisotopic (exact) mass is 470 g/mol. The van der Waals surface area contributed by atoms with Gasteiger partial charge in [-0.3, -0.25) is 4.79 Å². The molecule has 0 bridgehead atoms. The molecule has 0 atom stereocenters. The molecule has 0 spiro atoms. The first-order chi connectivity index (χ1) is 15.3. The molecule has 1 aliphatic rings. The largest absolute Gasteiger partial charge is 0.306 e. The van der Waals surface area contributed by atoms with Crippen LogP contribution in [0.3, 0.4) is 0 Å². The summed E-state index contributed by atoms with van der Waals surface area (Å²) in [6.07, 6.45) is 0. The molecule has 168 valence electrons. The number of benzene rings is 2. The van der Waals surface area contributed by atoms with Crippen molar-refractivity contribution in [2.75, 3.05) is 18.4 Å². The number of carbonyl (C=O) groups excluding carboxylic acids is 1. The van der Waals surface area contributed by atoms with Crippen molar-refractivity contribution >= 4 is 33.5 Å². The number of hydrogen-bond acceptors (Lipinski definition) is 5. The molecule has 9 heteroatoms. The van der Waals surface area contributed by atoms with Gasteiger partial charge in [0, 0.05) is 35.7 Å². The van der Waals surface area contributed by atoms with Gasteiger partial charge in [-0.25, -0.2) is 13.1 Å². The molecule has 2 heterocycles. The molecule has 2 aromatic carbocycles. The molecular weight excluding hydrogens is 444 g/mol. The van der Waals surface area contributed by atoms with Gasteiger partial charge in [0.05, 0.1) is 16.3 Å². The van der Waals surface area contributed by atoms with Gasteiger partial charge in [0.2, 0.25) is 10.0 Å². The SMILES string of the molecule is CCN(CC)S(=O)(=O)c1ccc(C(=O)Nc2c3c(nn2-c2ccc(C)cc2)CSC3)cc1. The van der Waals surface area contributed by atoms with Crippen molar-refractivity contribution in [3.05, 3.63) is 70.9 Å². The van der Waals surface area contributed by atoms with E-state index in [4.69, 9.17) is 5.10 Å². The van der Waals surface area contributed by atoms with Crippen LogP contribution in [-0.2, 0) is 21.5 Å². The van der Waals surface area contributed by atoms with Crippen LogP contribution in [-0.4, -0.2) is 41.5 Å². The van der Waals surface area contributed by atoms with Gasteiger partial charge in [-0.1, -0.05) is 31.5 Å². The lowest BCUT2D eigenvalue weighted by Gasteiger charge is -2.18. The van der Waals surface area contributed by atoms with E-state index in [1.807, 2.05) is 31.2 Å². The highest BCUT2D eigenvalue weighted by Crippen LogP contribution is 2.36. The Balaban J connectivity index is 1.62. The third kappa shape index (κ3) is 4.20. The molecular formula is C23H26N4O3S2. The van der Waals surface area contributed by atoms with Crippen LogP contribution in [0.1, 0.15) is 41.0 Å². The average Bonchev–Trinajstić information content (AvgIpc) is 3.38. The second kappa shape index (κ2) is 9.09. The number of hydrogen-bond donors (Lipinski definition) is 1. The number of aryl methyl sites for hydroxylation is 1. The number of carbonyl (C=O) groups is 1. The molecule has 1 N–H and O–H groups in total. The molecule has 1 aliphatic heterocycles. The van der Waals surface area contributed by atoms with Gasteiger partial charge in [-0.05, 0) is 43.3 Å². The standard InChI is InChI=1S/C23H26N4O3S2/c1-4-26(5-2)32(29,30)19-12-8-17(9-13-19)23(28)24-22-20-14-31-15-21(20)25-27(22)18-10-6-16(3)7-11-18/h6-13H,4-5,14-15H2,1-3H3,(H,24,28). The molecule has 0 saturated heterocycles.